The third-order valence-electron chi connectivity index (χ3n) is 3.95. The monoisotopic (exact) mass is 375 g/mol. The minimum Gasteiger partial charge on any atom is -0.465 e. The number of carbonyl (C=O) groups excluding carboxylic acids is 3. The van der Waals surface area contributed by atoms with Crippen molar-refractivity contribution >= 4 is 34.2 Å². The van der Waals surface area contributed by atoms with Crippen LogP contribution < -0.4 is 5.32 Å². The molecule has 1 aromatic heterocycles. The molecule has 0 fully saturated rings. The first-order chi connectivity index (χ1) is 12.5. The van der Waals surface area contributed by atoms with Gasteiger partial charge in [0.2, 0.25) is 6.23 Å². The van der Waals surface area contributed by atoms with Crippen LogP contribution in [0.2, 0.25) is 0 Å². The summed E-state index contributed by atoms with van der Waals surface area (Å²) >= 11 is 1.06. The minimum absolute atomic E-state index is 0.197. The van der Waals surface area contributed by atoms with E-state index in [4.69, 9.17) is 14.2 Å². The first-order valence-electron chi connectivity index (χ1n) is 7.93. The molecule has 8 heteroatoms. The van der Waals surface area contributed by atoms with Gasteiger partial charge in [0.1, 0.15) is 9.88 Å². The van der Waals surface area contributed by atoms with Crippen molar-refractivity contribution in [2.24, 2.45) is 0 Å². The molecule has 1 N–H and O–H groups in total. The lowest BCUT2D eigenvalue weighted by molar-refractivity contribution is 0.0437. The molecular formula is C18H17NO6S. The number of hydrogen-bond donors (Lipinski definition) is 1. The quantitative estimate of drug-likeness (QED) is 0.633. The molecule has 0 aliphatic carbocycles. The van der Waals surface area contributed by atoms with E-state index in [9.17, 15) is 14.4 Å². The van der Waals surface area contributed by atoms with E-state index in [2.05, 4.69) is 5.32 Å². The van der Waals surface area contributed by atoms with Gasteiger partial charge < -0.3 is 19.5 Å². The standard InChI is InChI=1S/C18H17NO6S/c1-4-24-17(21)12-9(2)13(18(22)23-3)26-15(12)19-14-10-7-5-6-8-11(10)16(20)25-14/h5-8,14,19H,4H2,1-3H3/t14-/m1/s1. The summed E-state index contributed by atoms with van der Waals surface area (Å²) in [7, 11) is 1.27. The fraction of sp³-hybridized carbons (Fsp3) is 0.278. The third-order valence-corrected chi connectivity index (χ3v) is 5.15. The molecular weight excluding hydrogens is 358 g/mol. The molecule has 2 aromatic rings. The van der Waals surface area contributed by atoms with Gasteiger partial charge in [-0.3, -0.25) is 0 Å². The zero-order chi connectivity index (χ0) is 18.8. The Balaban J connectivity index is 2.01. The average molecular weight is 375 g/mol. The van der Waals surface area contributed by atoms with Crippen LogP contribution in [0.15, 0.2) is 24.3 Å². The number of ether oxygens (including phenoxy) is 3. The lowest BCUT2D eigenvalue weighted by atomic mass is 10.1. The number of carbonyl (C=O) groups is 3. The number of esters is 3. The first kappa shape index (κ1) is 17.9. The molecule has 2 heterocycles. The number of benzene rings is 1. The van der Waals surface area contributed by atoms with Crippen molar-refractivity contribution in [2.75, 3.05) is 19.0 Å². The summed E-state index contributed by atoms with van der Waals surface area (Å²) in [5, 5.41) is 3.43. The number of thiophene rings is 1. The van der Waals surface area contributed by atoms with Crippen LogP contribution in [-0.2, 0) is 14.2 Å². The summed E-state index contributed by atoms with van der Waals surface area (Å²) in [6.45, 7) is 3.54. The molecule has 0 saturated carbocycles. The van der Waals surface area contributed by atoms with Crippen molar-refractivity contribution in [3.05, 3.63) is 51.4 Å². The van der Waals surface area contributed by atoms with Gasteiger partial charge in [-0.05, 0) is 25.5 Å². The normalized spacial score (nSPS) is 15.2. The van der Waals surface area contributed by atoms with Crippen molar-refractivity contribution in [3.63, 3.8) is 0 Å². The highest BCUT2D eigenvalue weighted by atomic mass is 32.1. The van der Waals surface area contributed by atoms with Gasteiger partial charge in [0.15, 0.2) is 0 Å². The second-order valence-corrected chi connectivity index (χ2v) is 6.51. The highest BCUT2D eigenvalue weighted by molar-refractivity contribution is 7.18. The molecule has 3 rings (SSSR count). The predicted octanol–water partition coefficient (Wildman–Crippen LogP) is 3.30. The highest BCUT2D eigenvalue weighted by Crippen LogP contribution is 2.39. The fourth-order valence-corrected chi connectivity index (χ4v) is 3.85. The molecule has 1 aliphatic rings. The van der Waals surface area contributed by atoms with Gasteiger partial charge >= 0.3 is 17.9 Å². The number of methoxy groups -OCH3 is 1. The van der Waals surface area contributed by atoms with Crippen molar-refractivity contribution < 1.29 is 28.6 Å². The Morgan fingerprint density at radius 3 is 2.69 bits per heavy atom. The number of rotatable bonds is 5. The van der Waals surface area contributed by atoms with Crippen LogP contribution in [0.4, 0.5) is 5.00 Å². The van der Waals surface area contributed by atoms with E-state index in [1.807, 2.05) is 0 Å². The second kappa shape index (κ2) is 7.17. The van der Waals surface area contributed by atoms with Gasteiger partial charge in [-0.1, -0.05) is 18.2 Å². The number of nitrogens with one attached hydrogen (secondary N) is 1. The Labute approximate surface area is 153 Å². The molecule has 0 bridgehead atoms. The first-order valence-corrected chi connectivity index (χ1v) is 8.74. The van der Waals surface area contributed by atoms with E-state index < -0.39 is 24.1 Å². The molecule has 1 aromatic carbocycles. The smallest absolute Gasteiger partial charge is 0.348 e. The predicted molar refractivity (Wildman–Crippen MR) is 94.6 cm³/mol. The summed E-state index contributed by atoms with van der Waals surface area (Å²) in [6.07, 6.45) is -0.754. The summed E-state index contributed by atoms with van der Waals surface area (Å²) in [6, 6.07) is 6.98. The van der Waals surface area contributed by atoms with Gasteiger partial charge in [0.05, 0.1) is 24.8 Å². The van der Waals surface area contributed by atoms with Gasteiger partial charge in [0.25, 0.3) is 0 Å². The number of hydrogen-bond acceptors (Lipinski definition) is 8. The lowest BCUT2D eigenvalue weighted by Crippen LogP contribution is -2.13. The molecule has 0 unspecified atom stereocenters. The van der Waals surface area contributed by atoms with Gasteiger partial charge in [-0.25, -0.2) is 14.4 Å². The van der Waals surface area contributed by atoms with Crippen LogP contribution in [0.1, 0.15) is 54.7 Å². The van der Waals surface area contributed by atoms with E-state index in [0.717, 1.165) is 11.3 Å². The highest BCUT2D eigenvalue weighted by Gasteiger charge is 2.33. The number of cyclic esters (lactones) is 1. The zero-order valence-corrected chi connectivity index (χ0v) is 15.3. The molecule has 0 amide bonds. The summed E-state index contributed by atoms with van der Waals surface area (Å²) in [5.74, 6) is -1.55. The van der Waals surface area contributed by atoms with E-state index in [0.29, 0.717) is 21.7 Å². The third kappa shape index (κ3) is 3.03. The Morgan fingerprint density at radius 2 is 2.00 bits per heavy atom. The summed E-state index contributed by atoms with van der Waals surface area (Å²) in [5.41, 5.74) is 1.82. The number of fused-ring (bicyclic) bond motifs is 1. The second-order valence-electron chi connectivity index (χ2n) is 5.49. The van der Waals surface area contributed by atoms with E-state index >= 15 is 0 Å². The van der Waals surface area contributed by atoms with E-state index in [1.54, 1.807) is 38.1 Å². The van der Waals surface area contributed by atoms with Gasteiger partial charge in [-0.15, -0.1) is 11.3 Å². The molecule has 0 saturated heterocycles. The van der Waals surface area contributed by atoms with Crippen molar-refractivity contribution in [1.29, 1.82) is 0 Å². The maximum absolute atomic E-state index is 12.4. The number of anilines is 1. The molecule has 26 heavy (non-hydrogen) atoms. The van der Waals surface area contributed by atoms with Crippen molar-refractivity contribution in [2.45, 2.75) is 20.1 Å². The van der Waals surface area contributed by atoms with E-state index in [-0.39, 0.29) is 17.0 Å². The Morgan fingerprint density at radius 1 is 1.27 bits per heavy atom. The van der Waals surface area contributed by atoms with Crippen LogP contribution in [-0.4, -0.2) is 31.6 Å². The molecule has 7 nitrogen and oxygen atoms in total. The molecule has 136 valence electrons. The Bertz CT molecular complexity index is 888. The van der Waals surface area contributed by atoms with Crippen molar-refractivity contribution in [3.8, 4) is 0 Å². The van der Waals surface area contributed by atoms with Crippen LogP contribution in [0.3, 0.4) is 0 Å². The zero-order valence-electron chi connectivity index (χ0n) is 14.5. The van der Waals surface area contributed by atoms with Crippen LogP contribution in [0.25, 0.3) is 0 Å². The molecule has 1 atom stereocenters. The van der Waals surface area contributed by atoms with Gasteiger partial charge in [-0.2, -0.15) is 0 Å². The minimum atomic E-state index is -0.754. The maximum Gasteiger partial charge on any atom is 0.348 e. The lowest BCUT2D eigenvalue weighted by Gasteiger charge is -2.14. The van der Waals surface area contributed by atoms with Crippen LogP contribution in [0.5, 0.6) is 0 Å². The molecule has 0 radical (unpaired) electrons. The summed E-state index contributed by atoms with van der Waals surface area (Å²) < 4.78 is 15.2. The summed E-state index contributed by atoms with van der Waals surface area (Å²) in [4.78, 5) is 36.6. The maximum atomic E-state index is 12.4. The van der Waals surface area contributed by atoms with E-state index in [1.165, 1.54) is 7.11 Å². The van der Waals surface area contributed by atoms with Crippen molar-refractivity contribution in [1.82, 2.24) is 0 Å². The molecule has 1 aliphatic heterocycles. The van der Waals surface area contributed by atoms with Gasteiger partial charge in [0, 0.05) is 5.56 Å². The van der Waals surface area contributed by atoms with Crippen LogP contribution in [0, 0.1) is 6.92 Å². The Hall–Kier alpha value is -2.87. The Kier molecular flexibility index (Phi) is 4.94. The average Bonchev–Trinajstić information content (AvgIpc) is 3.12. The molecule has 0 spiro atoms. The fourth-order valence-electron chi connectivity index (χ4n) is 2.72. The largest absolute Gasteiger partial charge is 0.465 e. The topological polar surface area (TPSA) is 90.9 Å². The van der Waals surface area contributed by atoms with Crippen LogP contribution >= 0.6 is 11.3 Å². The SMILES string of the molecule is CCOC(=O)c1c(N[C@@H]2OC(=O)c3ccccc32)sc(C(=O)OC)c1C.